The Balaban J connectivity index is 2.54. The molecule has 110 valence electrons. The van der Waals surface area contributed by atoms with Gasteiger partial charge in [-0.25, -0.2) is 4.79 Å². The number of carbonyl (C=O) groups is 3. The second-order valence-corrected chi connectivity index (χ2v) is 4.43. The van der Waals surface area contributed by atoms with Gasteiger partial charge < -0.3 is 20.7 Å². The SMILES string of the molecule is Cc1noc(C)c1CCC(=O)N[C@@H](CC(N)=O)C(=O)O. The average Bonchev–Trinajstić information content (AvgIpc) is 2.65. The molecule has 0 aliphatic heterocycles. The second-order valence-electron chi connectivity index (χ2n) is 4.43. The molecule has 1 atom stereocenters. The van der Waals surface area contributed by atoms with Gasteiger partial charge in [0.05, 0.1) is 12.1 Å². The molecular formula is C12H17N3O5. The molecule has 8 heteroatoms. The first-order chi connectivity index (χ1) is 9.31. The van der Waals surface area contributed by atoms with Crippen molar-refractivity contribution in [1.29, 1.82) is 0 Å². The van der Waals surface area contributed by atoms with Gasteiger partial charge in [-0.05, 0) is 20.3 Å². The van der Waals surface area contributed by atoms with Gasteiger partial charge in [-0.1, -0.05) is 5.16 Å². The molecule has 1 aromatic heterocycles. The van der Waals surface area contributed by atoms with Gasteiger partial charge in [0.15, 0.2) is 0 Å². The van der Waals surface area contributed by atoms with Gasteiger partial charge in [0.25, 0.3) is 0 Å². The maximum atomic E-state index is 11.7. The number of primary amides is 1. The first-order valence-corrected chi connectivity index (χ1v) is 6.03. The van der Waals surface area contributed by atoms with Crippen molar-refractivity contribution in [2.75, 3.05) is 0 Å². The molecule has 0 aliphatic carbocycles. The number of aromatic nitrogens is 1. The monoisotopic (exact) mass is 283 g/mol. The molecule has 1 aromatic rings. The standard InChI is InChI=1S/C12H17N3O5/c1-6-8(7(2)20-15-6)3-4-11(17)14-9(12(18)19)5-10(13)16/h9H,3-5H2,1-2H3,(H2,13,16)(H,14,17)(H,18,19)/t9-/m0/s1. The van der Waals surface area contributed by atoms with Crippen LogP contribution in [0.4, 0.5) is 0 Å². The Hall–Kier alpha value is -2.38. The fourth-order valence-corrected chi connectivity index (χ4v) is 1.77. The predicted octanol–water partition coefficient (Wildman–Crippen LogP) is -0.331. The van der Waals surface area contributed by atoms with Crippen molar-refractivity contribution in [2.45, 2.75) is 39.2 Å². The van der Waals surface area contributed by atoms with Crippen LogP contribution in [0.25, 0.3) is 0 Å². The molecule has 0 saturated carbocycles. The number of amides is 2. The lowest BCUT2D eigenvalue weighted by molar-refractivity contribution is -0.143. The van der Waals surface area contributed by atoms with E-state index >= 15 is 0 Å². The van der Waals surface area contributed by atoms with E-state index in [1.807, 2.05) is 0 Å². The third-order valence-electron chi connectivity index (χ3n) is 2.82. The summed E-state index contributed by atoms with van der Waals surface area (Å²) in [5.41, 5.74) is 6.44. The van der Waals surface area contributed by atoms with Gasteiger partial charge in [0.1, 0.15) is 11.8 Å². The Morgan fingerprint density at radius 3 is 2.50 bits per heavy atom. The third kappa shape index (κ3) is 4.38. The molecule has 0 radical (unpaired) electrons. The summed E-state index contributed by atoms with van der Waals surface area (Å²) in [7, 11) is 0. The molecule has 0 spiro atoms. The van der Waals surface area contributed by atoms with Crippen LogP contribution in [0.1, 0.15) is 29.9 Å². The zero-order valence-electron chi connectivity index (χ0n) is 11.3. The number of carbonyl (C=O) groups excluding carboxylic acids is 2. The molecule has 0 saturated heterocycles. The van der Waals surface area contributed by atoms with Crippen LogP contribution in [-0.4, -0.2) is 34.1 Å². The Bertz CT molecular complexity index is 504. The number of carboxylic acids is 1. The number of rotatable bonds is 7. The lowest BCUT2D eigenvalue weighted by Gasteiger charge is -2.12. The van der Waals surface area contributed by atoms with Crippen molar-refractivity contribution in [3.63, 3.8) is 0 Å². The number of hydrogen-bond acceptors (Lipinski definition) is 5. The summed E-state index contributed by atoms with van der Waals surface area (Å²) in [6, 6.07) is -1.30. The number of nitrogens with zero attached hydrogens (tertiary/aromatic N) is 1. The summed E-state index contributed by atoms with van der Waals surface area (Å²) in [4.78, 5) is 33.3. The van der Waals surface area contributed by atoms with Gasteiger partial charge in [-0.2, -0.15) is 0 Å². The van der Waals surface area contributed by atoms with E-state index in [1.165, 1.54) is 0 Å². The van der Waals surface area contributed by atoms with E-state index in [-0.39, 0.29) is 6.42 Å². The number of nitrogens with two attached hydrogens (primary N) is 1. The first kappa shape index (κ1) is 15.7. The van der Waals surface area contributed by atoms with Crippen molar-refractivity contribution in [3.05, 3.63) is 17.0 Å². The summed E-state index contributed by atoms with van der Waals surface area (Å²) in [6.07, 6.45) is 0.0216. The minimum Gasteiger partial charge on any atom is -0.480 e. The van der Waals surface area contributed by atoms with Crippen molar-refractivity contribution >= 4 is 17.8 Å². The molecule has 0 fully saturated rings. The van der Waals surface area contributed by atoms with Crippen LogP contribution in [0, 0.1) is 13.8 Å². The normalized spacial score (nSPS) is 11.9. The number of aryl methyl sites for hydroxylation is 2. The molecular weight excluding hydrogens is 266 g/mol. The average molecular weight is 283 g/mol. The van der Waals surface area contributed by atoms with Crippen molar-refractivity contribution in [1.82, 2.24) is 10.5 Å². The summed E-state index contributed by atoms with van der Waals surface area (Å²) in [5, 5.41) is 14.9. The molecule has 4 N–H and O–H groups in total. The number of aliphatic carboxylic acids is 1. The van der Waals surface area contributed by atoms with E-state index in [2.05, 4.69) is 10.5 Å². The fourth-order valence-electron chi connectivity index (χ4n) is 1.77. The van der Waals surface area contributed by atoms with E-state index in [9.17, 15) is 14.4 Å². The highest BCUT2D eigenvalue weighted by atomic mass is 16.5. The Morgan fingerprint density at radius 1 is 1.40 bits per heavy atom. The lowest BCUT2D eigenvalue weighted by atomic mass is 10.1. The highest BCUT2D eigenvalue weighted by Gasteiger charge is 2.22. The number of carboxylic acid groups (broad SMARTS) is 1. The second kappa shape index (κ2) is 6.69. The Morgan fingerprint density at radius 2 is 2.05 bits per heavy atom. The smallest absolute Gasteiger partial charge is 0.326 e. The Kier molecular flexibility index (Phi) is 5.24. The lowest BCUT2D eigenvalue weighted by Crippen LogP contribution is -2.43. The van der Waals surface area contributed by atoms with Crippen LogP contribution >= 0.6 is 0 Å². The van der Waals surface area contributed by atoms with Crippen LogP contribution in [0.3, 0.4) is 0 Å². The van der Waals surface area contributed by atoms with E-state index in [0.29, 0.717) is 17.9 Å². The quantitative estimate of drug-likeness (QED) is 0.626. The summed E-state index contributed by atoms with van der Waals surface area (Å²) >= 11 is 0. The van der Waals surface area contributed by atoms with Crippen LogP contribution in [0.2, 0.25) is 0 Å². The van der Waals surface area contributed by atoms with Crippen LogP contribution in [0.15, 0.2) is 4.52 Å². The van der Waals surface area contributed by atoms with Crippen molar-refractivity contribution < 1.29 is 24.0 Å². The predicted molar refractivity (Wildman–Crippen MR) is 67.7 cm³/mol. The number of nitrogens with one attached hydrogen (secondary N) is 1. The molecule has 0 unspecified atom stereocenters. The summed E-state index contributed by atoms with van der Waals surface area (Å²) in [5.74, 6) is -1.93. The minimum atomic E-state index is -1.30. The molecule has 8 nitrogen and oxygen atoms in total. The van der Waals surface area contributed by atoms with Gasteiger partial charge in [0, 0.05) is 12.0 Å². The zero-order valence-corrected chi connectivity index (χ0v) is 11.3. The molecule has 0 bridgehead atoms. The van der Waals surface area contributed by atoms with E-state index in [0.717, 1.165) is 5.56 Å². The van der Waals surface area contributed by atoms with Crippen molar-refractivity contribution in [2.24, 2.45) is 5.73 Å². The summed E-state index contributed by atoms with van der Waals surface area (Å²) < 4.78 is 4.96. The van der Waals surface area contributed by atoms with Crippen LogP contribution < -0.4 is 11.1 Å². The van der Waals surface area contributed by atoms with Crippen LogP contribution in [-0.2, 0) is 20.8 Å². The summed E-state index contributed by atoms with van der Waals surface area (Å²) in [6.45, 7) is 3.50. The van der Waals surface area contributed by atoms with E-state index < -0.39 is 30.2 Å². The van der Waals surface area contributed by atoms with Gasteiger partial charge in [-0.15, -0.1) is 0 Å². The third-order valence-corrected chi connectivity index (χ3v) is 2.82. The zero-order chi connectivity index (χ0) is 15.3. The van der Waals surface area contributed by atoms with Gasteiger partial charge >= 0.3 is 5.97 Å². The van der Waals surface area contributed by atoms with Crippen molar-refractivity contribution in [3.8, 4) is 0 Å². The minimum absolute atomic E-state index is 0.0748. The topological polar surface area (TPSA) is 136 Å². The van der Waals surface area contributed by atoms with E-state index in [4.69, 9.17) is 15.4 Å². The highest BCUT2D eigenvalue weighted by molar-refractivity contribution is 5.88. The van der Waals surface area contributed by atoms with Crippen LogP contribution in [0.5, 0.6) is 0 Å². The van der Waals surface area contributed by atoms with Gasteiger partial charge in [0.2, 0.25) is 11.8 Å². The fraction of sp³-hybridized carbons (Fsp3) is 0.500. The molecule has 0 aromatic carbocycles. The first-order valence-electron chi connectivity index (χ1n) is 6.03. The largest absolute Gasteiger partial charge is 0.480 e. The Labute approximate surface area is 115 Å². The van der Waals surface area contributed by atoms with Gasteiger partial charge in [-0.3, -0.25) is 9.59 Å². The molecule has 1 heterocycles. The molecule has 1 rings (SSSR count). The molecule has 20 heavy (non-hydrogen) atoms. The van der Waals surface area contributed by atoms with E-state index in [1.54, 1.807) is 13.8 Å². The molecule has 0 aliphatic rings. The maximum Gasteiger partial charge on any atom is 0.326 e. The molecule has 2 amide bonds. The highest BCUT2D eigenvalue weighted by Crippen LogP contribution is 2.14. The number of hydrogen-bond donors (Lipinski definition) is 3. The maximum absolute atomic E-state index is 11.7.